The van der Waals surface area contributed by atoms with Crippen LogP contribution in [-0.2, 0) is 13.5 Å². The number of ether oxygens (including phenoxy) is 1. The Morgan fingerprint density at radius 2 is 2.00 bits per heavy atom. The molecule has 0 fully saturated rings. The number of hydrogen-bond donors (Lipinski definition) is 1. The molecule has 0 amide bonds. The maximum Gasteiger partial charge on any atom is 0.141 e. The molecule has 0 spiro atoms. The molecule has 1 aromatic carbocycles. The molecule has 0 aliphatic heterocycles. The van der Waals surface area contributed by atoms with Crippen LogP contribution in [-0.4, -0.2) is 15.8 Å². The van der Waals surface area contributed by atoms with Gasteiger partial charge in [-0.25, -0.2) is 0 Å². The van der Waals surface area contributed by atoms with E-state index < -0.39 is 0 Å². The van der Waals surface area contributed by atoms with Crippen molar-refractivity contribution in [3.63, 3.8) is 0 Å². The van der Waals surface area contributed by atoms with Crippen LogP contribution >= 0.6 is 0 Å². The van der Waals surface area contributed by atoms with Gasteiger partial charge < -0.3 is 10.5 Å². The molecule has 1 heterocycles. The summed E-state index contributed by atoms with van der Waals surface area (Å²) in [5, 5.41) is 4.19. The highest BCUT2D eigenvalue weighted by Crippen LogP contribution is 2.24. The lowest BCUT2D eigenvalue weighted by Gasteiger charge is -2.21. The van der Waals surface area contributed by atoms with Crippen LogP contribution in [0.1, 0.15) is 43.9 Å². The molecule has 0 radical (unpaired) electrons. The van der Waals surface area contributed by atoms with Crippen LogP contribution in [0.2, 0.25) is 0 Å². The zero-order valence-electron chi connectivity index (χ0n) is 13.1. The van der Waals surface area contributed by atoms with Crippen LogP contribution in [0.5, 0.6) is 5.75 Å². The molecule has 0 aliphatic rings. The smallest absolute Gasteiger partial charge is 0.141 e. The Morgan fingerprint density at radius 3 is 2.52 bits per heavy atom. The van der Waals surface area contributed by atoms with Crippen LogP contribution in [0.4, 0.5) is 0 Å². The summed E-state index contributed by atoms with van der Waals surface area (Å²) >= 11 is 0. The standard InChI is InChI=1S/C17H25N3O/c1-4-5-6-14-7-9-16(10-8-14)21-17(13(2)18)15-11-19-20(3)12-15/h7-13,17H,4-6,18H2,1-3H3. The van der Waals surface area contributed by atoms with Gasteiger partial charge in [0.25, 0.3) is 0 Å². The first-order chi connectivity index (χ1) is 10.1. The van der Waals surface area contributed by atoms with Crippen molar-refractivity contribution in [1.29, 1.82) is 0 Å². The Morgan fingerprint density at radius 1 is 1.29 bits per heavy atom. The number of aromatic nitrogens is 2. The molecule has 21 heavy (non-hydrogen) atoms. The van der Waals surface area contributed by atoms with E-state index in [1.54, 1.807) is 4.68 Å². The first kappa shape index (κ1) is 15.6. The summed E-state index contributed by atoms with van der Waals surface area (Å²) in [7, 11) is 1.89. The van der Waals surface area contributed by atoms with Crippen molar-refractivity contribution in [2.45, 2.75) is 45.3 Å². The lowest BCUT2D eigenvalue weighted by Crippen LogP contribution is -2.28. The second-order valence-electron chi connectivity index (χ2n) is 5.59. The highest BCUT2D eigenvalue weighted by molar-refractivity contribution is 5.28. The highest BCUT2D eigenvalue weighted by atomic mass is 16.5. The summed E-state index contributed by atoms with van der Waals surface area (Å²) in [5.74, 6) is 0.849. The molecule has 0 aliphatic carbocycles. The summed E-state index contributed by atoms with van der Waals surface area (Å²) in [6.07, 6.45) is 7.13. The van der Waals surface area contributed by atoms with Crippen LogP contribution < -0.4 is 10.5 Å². The van der Waals surface area contributed by atoms with Gasteiger partial charge in [0.15, 0.2) is 0 Å². The second kappa shape index (κ2) is 7.27. The van der Waals surface area contributed by atoms with Gasteiger partial charge in [0.1, 0.15) is 11.9 Å². The topological polar surface area (TPSA) is 53.1 Å². The normalized spacial score (nSPS) is 13.9. The molecular formula is C17H25N3O. The molecule has 2 unspecified atom stereocenters. The highest BCUT2D eigenvalue weighted by Gasteiger charge is 2.19. The molecule has 1 aromatic heterocycles. The lowest BCUT2D eigenvalue weighted by molar-refractivity contribution is 0.180. The average molecular weight is 287 g/mol. The molecule has 0 saturated carbocycles. The molecule has 2 aromatic rings. The molecule has 4 heteroatoms. The fourth-order valence-electron chi connectivity index (χ4n) is 2.33. The Balaban J connectivity index is 2.07. The lowest BCUT2D eigenvalue weighted by atomic mass is 10.1. The van der Waals surface area contributed by atoms with E-state index in [1.165, 1.54) is 18.4 Å². The molecule has 0 bridgehead atoms. The summed E-state index contributed by atoms with van der Waals surface area (Å²) < 4.78 is 7.82. The zero-order valence-corrected chi connectivity index (χ0v) is 13.1. The first-order valence-electron chi connectivity index (χ1n) is 7.60. The number of aryl methyl sites for hydroxylation is 2. The predicted octanol–water partition coefficient (Wildman–Crippen LogP) is 3.23. The minimum Gasteiger partial charge on any atom is -0.484 e. The molecule has 0 saturated heterocycles. The quantitative estimate of drug-likeness (QED) is 0.850. The van der Waals surface area contributed by atoms with Crippen molar-refractivity contribution in [3.8, 4) is 5.75 Å². The summed E-state index contributed by atoms with van der Waals surface area (Å²) in [5.41, 5.74) is 8.41. The van der Waals surface area contributed by atoms with Crippen LogP contribution in [0, 0.1) is 0 Å². The van der Waals surface area contributed by atoms with E-state index in [0.29, 0.717) is 0 Å². The van der Waals surface area contributed by atoms with E-state index in [-0.39, 0.29) is 12.1 Å². The van der Waals surface area contributed by atoms with Crippen molar-refractivity contribution in [3.05, 3.63) is 47.8 Å². The molecule has 2 atom stereocenters. The number of rotatable bonds is 7. The van der Waals surface area contributed by atoms with E-state index in [4.69, 9.17) is 10.5 Å². The number of nitrogens with two attached hydrogens (primary N) is 1. The monoisotopic (exact) mass is 287 g/mol. The van der Waals surface area contributed by atoms with Gasteiger partial charge in [-0.05, 0) is 37.5 Å². The third kappa shape index (κ3) is 4.33. The third-order valence-corrected chi connectivity index (χ3v) is 3.54. The molecular weight excluding hydrogens is 262 g/mol. The number of unbranched alkanes of at least 4 members (excludes halogenated alkanes) is 1. The number of nitrogens with zero attached hydrogens (tertiary/aromatic N) is 2. The SMILES string of the molecule is CCCCc1ccc(OC(c2cnn(C)c2)C(C)N)cc1. The summed E-state index contributed by atoms with van der Waals surface area (Å²) in [6, 6.07) is 8.21. The van der Waals surface area contributed by atoms with E-state index in [0.717, 1.165) is 17.7 Å². The van der Waals surface area contributed by atoms with Crippen LogP contribution in [0.25, 0.3) is 0 Å². The van der Waals surface area contributed by atoms with Gasteiger partial charge in [0, 0.05) is 24.8 Å². The second-order valence-corrected chi connectivity index (χ2v) is 5.59. The molecule has 114 valence electrons. The fraction of sp³-hybridized carbons (Fsp3) is 0.471. The molecule has 4 nitrogen and oxygen atoms in total. The zero-order chi connectivity index (χ0) is 15.2. The van der Waals surface area contributed by atoms with Gasteiger partial charge >= 0.3 is 0 Å². The fourth-order valence-corrected chi connectivity index (χ4v) is 2.33. The van der Waals surface area contributed by atoms with Crippen molar-refractivity contribution in [1.82, 2.24) is 9.78 Å². The van der Waals surface area contributed by atoms with Gasteiger partial charge in [0.2, 0.25) is 0 Å². The minimum atomic E-state index is -0.180. The van der Waals surface area contributed by atoms with E-state index >= 15 is 0 Å². The Labute approximate surface area is 126 Å². The molecule has 2 rings (SSSR count). The Bertz CT molecular complexity index is 545. The number of benzene rings is 1. The van der Waals surface area contributed by atoms with Gasteiger partial charge in [-0.15, -0.1) is 0 Å². The van der Waals surface area contributed by atoms with Crippen LogP contribution in [0.15, 0.2) is 36.7 Å². The maximum absolute atomic E-state index is 6.06. The largest absolute Gasteiger partial charge is 0.484 e. The first-order valence-corrected chi connectivity index (χ1v) is 7.60. The van der Waals surface area contributed by atoms with Gasteiger partial charge in [-0.2, -0.15) is 5.10 Å². The van der Waals surface area contributed by atoms with Gasteiger partial charge in [-0.1, -0.05) is 25.5 Å². The summed E-state index contributed by atoms with van der Waals surface area (Å²) in [4.78, 5) is 0. The van der Waals surface area contributed by atoms with Crippen molar-refractivity contribution < 1.29 is 4.74 Å². The van der Waals surface area contributed by atoms with Crippen molar-refractivity contribution in [2.75, 3.05) is 0 Å². The van der Waals surface area contributed by atoms with E-state index in [2.05, 4.69) is 24.2 Å². The maximum atomic E-state index is 6.06. The average Bonchev–Trinajstić information content (AvgIpc) is 2.89. The van der Waals surface area contributed by atoms with Crippen LogP contribution in [0.3, 0.4) is 0 Å². The summed E-state index contributed by atoms with van der Waals surface area (Å²) in [6.45, 7) is 4.16. The minimum absolute atomic E-state index is 0.103. The van der Waals surface area contributed by atoms with E-state index in [9.17, 15) is 0 Å². The van der Waals surface area contributed by atoms with Crippen molar-refractivity contribution in [2.24, 2.45) is 12.8 Å². The molecule has 2 N–H and O–H groups in total. The Kier molecular flexibility index (Phi) is 5.39. The van der Waals surface area contributed by atoms with Crippen molar-refractivity contribution >= 4 is 0 Å². The number of hydrogen-bond acceptors (Lipinski definition) is 3. The van der Waals surface area contributed by atoms with Gasteiger partial charge in [-0.3, -0.25) is 4.68 Å². The Hall–Kier alpha value is -1.81. The van der Waals surface area contributed by atoms with E-state index in [1.807, 2.05) is 38.5 Å². The van der Waals surface area contributed by atoms with Gasteiger partial charge in [0.05, 0.1) is 6.20 Å². The third-order valence-electron chi connectivity index (χ3n) is 3.54. The predicted molar refractivity (Wildman–Crippen MR) is 85.3 cm³/mol.